The van der Waals surface area contributed by atoms with Crippen LogP contribution in [-0.4, -0.2) is 26.4 Å². The van der Waals surface area contributed by atoms with Gasteiger partial charge in [-0.15, -0.1) is 10.2 Å². The van der Waals surface area contributed by atoms with E-state index in [1.807, 2.05) is 6.07 Å². The minimum absolute atomic E-state index is 0.145. The van der Waals surface area contributed by atoms with Crippen LogP contribution in [0.4, 0.5) is 4.39 Å². The molecule has 2 heterocycles. The molecule has 4 nitrogen and oxygen atoms in total. The molecular formula is C21H21FN4. The van der Waals surface area contributed by atoms with Gasteiger partial charge in [-0.2, -0.15) is 0 Å². The molecule has 132 valence electrons. The first-order valence-corrected chi connectivity index (χ1v) is 8.72. The average molecular weight is 348 g/mol. The van der Waals surface area contributed by atoms with Crippen molar-refractivity contribution in [3.8, 4) is 0 Å². The number of benzene rings is 2. The highest BCUT2D eigenvalue weighted by atomic mass is 19.1. The van der Waals surface area contributed by atoms with Crippen molar-refractivity contribution < 1.29 is 4.39 Å². The monoisotopic (exact) mass is 348 g/mol. The highest BCUT2D eigenvalue weighted by Gasteiger charge is 2.45. The molecule has 2 aromatic carbocycles. The summed E-state index contributed by atoms with van der Waals surface area (Å²) in [7, 11) is 0. The number of aryl methyl sites for hydroxylation is 1. The molecule has 0 spiro atoms. The first-order chi connectivity index (χ1) is 12.2. The topological polar surface area (TPSA) is 51.0 Å². The van der Waals surface area contributed by atoms with Crippen molar-refractivity contribution >= 4 is 16.7 Å². The standard InChI is InChI=1S/C21H21FN4/c1-12-8-6-9-13-16(12)20(2,3)21(4,5)24-17(13)19-23-15-11-7-10-14(22)18(15)25-26-19/h6-11H,1-5H3. The quantitative estimate of drug-likeness (QED) is 0.656. The largest absolute Gasteiger partial charge is 0.274 e. The second-order valence-corrected chi connectivity index (χ2v) is 7.88. The number of halogens is 1. The van der Waals surface area contributed by atoms with Gasteiger partial charge in [-0.1, -0.05) is 38.1 Å². The Labute approximate surface area is 152 Å². The van der Waals surface area contributed by atoms with E-state index in [9.17, 15) is 4.39 Å². The Bertz CT molecular complexity index is 1070. The highest BCUT2D eigenvalue weighted by Crippen LogP contribution is 2.44. The fourth-order valence-electron chi connectivity index (χ4n) is 3.68. The Hall–Kier alpha value is -2.69. The molecule has 0 aliphatic carbocycles. The molecule has 0 radical (unpaired) electrons. The molecule has 1 aromatic heterocycles. The maximum absolute atomic E-state index is 13.9. The Morgan fingerprint density at radius 3 is 2.42 bits per heavy atom. The zero-order valence-corrected chi connectivity index (χ0v) is 15.6. The van der Waals surface area contributed by atoms with E-state index in [2.05, 4.69) is 61.9 Å². The molecule has 5 heteroatoms. The molecule has 1 aliphatic heterocycles. The van der Waals surface area contributed by atoms with E-state index in [4.69, 9.17) is 4.99 Å². The predicted octanol–water partition coefficient (Wildman–Crippen LogP) is 4.38. The third-order valence-electron chi connectivity index (χ3n) is 5.72. The van der Waals surface area contributed by atoms with E-state index in [0.717, 1.165) is 5.56 Å². The second-order valence-electron chi connectivity index (χ2n) is 7.88. The lowest BCUT2D eigenvalue weighted by atomic mass is 9.65. The predicted molar refractivity (Wildman–Crippen MR) is 101 cm³/mol. The van der Waals surface area contributed by atoms with Crippen LogP contribution in [0.2, 0.25) is 0 Å². The van der Waals surface area contributed by atoms with E-state index in [0.29, 0.717) is 17.1 Å². The van der Waals surface area contributed by atoms with Crippen molar-refractivity contribution in [3.63, 3.8) is 0 Å². The minimum atomic E-state index is -0.419. The molecule has 0 atom stereocenters. The molecule has 0 unspecified atom stereocenters. The summed E-state index contributed by atoms with van der Waals surface area (Å²) in [4.78, 5) is 9.56. The van der Waals surface area contributed by atoms with Crippen LogP contribution in [0.1, 0.15) is 50.2 Å². The fraction of sp³-hybridized carbons (Fsp3) is 0.333. The van der Waals surface area contributed by atoms with Crippen molar-refractivity contribution in [1.82, 2.24) is 15.2 Å². The van der Waals surface area contributed by atoms with Gasteiger partial charge in [0.2, 0.25) is 5.82 Å². The van der Waals surface area contributed by atoms with Crippen LogP contribution < -0.4 is 0 Å². The molecule has 0 saturated carbocycles. The number of fused-ring (bicyclic) bond motifs is 2. The Morgan fingerprint density at radius 1 is 0.923 bits per heavy atom. The van der Waals surface area contributed by atoms with Gasteiger partial charge >= 0.3 is 0 Å². The summed E-state index contributed by atoms with van der Waals surface area (Å²) in [5.41, 5.74) is 4.37. The summed E-state index contributed by atoms with van der Waals surface area (Å²) in [5.74, 6) is 0.0101. The second kappa shape index (κ2) is 5.40. The van der Waals surface area contributed by atoms with Crippen molar-refractivity contribution in [1.29, 1.82) is 0 Å². The molecule has 0 bridgehead atoms. The smallest absolute Gasteiger partial charge is 0.201 e. The van der Waals surface area contributed by atoms with Gasteiger partial charge < -0.3 is 0 Å². The first-order valence-electron chi connectivity index (χ1n) is 8.72. The lowest BCUT2D eigenvalue weighted by molar-refractivity contribution is 0.302. The van der Waals surface area contributed by atoms with E-state index in [-0.39, 0.29) is 16.5 Å². The van der Waals surface area contributed by atoms with Gasteiger partial charge in [-0.3, -0.25) is 4.99 Å². The van der Waals surface area contributed by atoms with Crippen molar-refractivity contribution in [2.75, 3.05) is 0 Å². The Kier molecular flexibility index (Phi) is 3.48. The third kappa shape index (κ3) is 2.26. The van der Waals surface area contributed by atoms with Crippen LogP contribution >= 0.6 is 0 Å². The van der Waals surface area contributed by atoms with Gasteiger partial charge in [-0.05, 0) is 44.0 Å². The SMILES string of the molecule is Cc1cccc2c1C(C)(C)C(C)(C)N=C2c1nnc2c(F)cccc2n1. The number of hydrogen-bond acceptors (Lipinski definition) is 4. The molecule has 26 heavy (non-hydrogen) atoms. The number of hydrogen-bond donors (Lipinski definition) is 0. The summed E-state index contributed by atoms with van der Waals surface area (Å²) < 4.78 is 13.9. The van der Waals surface area contributed by atoms with Crippen molar-refractivity contribution in [3.05, 3.63) is 64.7 Å². The number of nitrogens with zero attached hydrogens (tertiary/aromatic N) is 4. The van der Waals surface area contributed by atoms with Gasteiger partial charge in [0.15, 0.2) is 5.82 Å². The van der Waals surface area contributed by atoms with Gasteiger partial charge in [0.25, 0.3) is 0 Å². The van der Waals surface area contributed by atoms with E-state index in [1.54, 1.807) is 12.1 Å². The van der Waals surface area contributed by atoms with Gasteiger partial charge in [0.1, 0.15) is 11.2 Å². The molecule has 0 amide bonds. The van der Waals surface area contributed by atoms with E-state index >= 15 is 0 Å². The van der Waals surface area contributed by atoms with Crippen LogP contribution in [0.5, 0.6) is 0 Å². The highest BCUT2D eigenvalue weighted by molar-refractivity contribution is 6.13. The number of aliphatic imine (C=N–C) groups is 1. The summed E-state index contributed by atoms with van der Waals surface area (Å²) >= 11 is 0. The summed E-state index contributed by atoms with van der Waals surface area (Å²) in [5, 5.41) is 8.27. The molecule has 0 fully saturated rings. The first kappa shape index (κ1) is 16.8. The van der Waals surface area contributed by atoms with Gasteiger partial charge in [0.05, 0.1) is 11.1 Å². The van der Waals surface area contributed by atoms with Crippen molar-refractivity contribution in [2.45, 2.75) is 45.6 Å². The Balaban J connectivity index is 2.00. The van der Waals surface area contributed by atoms with Crippen LogP contribution in [-0.2, 0) is 5.41 Å². The van der Waals surface area contributed by atoms with Crippen molar-refractivity contribution in [2.24, 2.45) is 4.99 Å². The number of rotatable bonds is 1. The zero-order valence-electron chi connectivity index (χ0n) is 15.6. The molecule has 0 N–H and O–H groups in total. The maximum atomic E-state index is 13.9. The summed E-state index contributed by atoms with van der Waals surface area (Å²) in [6.45, 7) is 10.8. The lowest BCUT2D eigenvalue weighted by Crippen LogP contribution is -2.46. The van der Waals surface area contributed by atoms with Gasteiger partial charge in [0, 0.05) is 11.0 Å². The molecular weight excluding hydrogens is 327 g/mol. The molecule has 4 rings (SSSR count). The van der Waals surface area contributed by atoms with Crippen LogP contribution in [0.3, 0.4) is 0 Å². The molecule has 3 aromatic rings. The van der Waals surface area contributed by atoms with Crippen LogP contribution in [0.25, 0.3) is 11.0 Å². The average Bonchev–Trinajstić information content (AvgIpc) is 2.58. The molecule has 0 saturated heterocycles. The number of aromatic nitrogens is 3. The minimum Gasteiger partial charge on any atom is -0.274 e. The summed E-state index contributed by atoms with van der Waals surface area (Å²) in [6, 6.07) is 10.9. The fourth-order valence-corrected chi connectivity index (χ4v) is 3.68. The third-order valence-corrected chi connectivity index (χ3v) is 5.72. The van der Waals surface area contributed by atoms with E-state index < -0.39 is 5.82 Å². The van der Waals surface area contributed by atoms with Crippen LogP contribution in [0.15, 0.2) is 41.4 Å². The van der Waals surface area contributed by atoms with Crippen LogP contribution in [0, 0.1) is 12.7 Å². The van der Waals surface area contributed by atoms with Gasteiger partial charge in [-0.25, -0.2) is 9.37 Å². The molecule has 1 aliphatic rings. The lowest BCUT2D eigenvalue weighted by Gasteiger charge is -2.44. The zero-order chi connectivity index (χ0) is 18.7. The Morgan fingerprint density at radius 2 is 1.65 bits per heavy atom. The maximum Gasteiger partial charge on any atom is 0.201 e. The normalized spacial score (nSPS) is 17.7. The van der Waals surface area contributed by atoms with E-state index in [1.165, 1.54) is 17.2 Å². The summed E-state index contributed by atoms with van der Waals surface area (Å²) in [6.07, 6.45) is 0.